The van der Waals surface area contributed by atoms with Crippen molar-refractivity contribution in [1.29, 1.82) is 0 Å². The van der Waals surface area contributed by atoms with Gasteiger partial charge in [0.2, 0.25) is 0 Å². The first-order valence-corrected chi connectivity index (χ1v) is 10.9. The van der Waals surface area contributed by atoms with Crippen LogP contribution < -0.4 is 10.6 Å². The summed E-state index contributed by atoms with van der Waals surface area (Å²) in [4.78, 5) is 4.93. The third-order valence-corrected chi connectivity index (χ3v) is 6.95. The minimum absolute atomic E-state index is 0.187. The lowest BCUT2D eigenvalue weighted by atomic mass is 10.1. The summed E-state index contributed by atoms with van der Waals surface area (Å²) in [5.41, 5.74) is 9.62. The number of nitrogens with two attached hydrogens (primary N) is 1. The van der Waals surface area contributed by atoms with E-state index in [1.54, 1.807) is 23.1 Å². The molecule has 2 N–H and O–H groups in total. The van der Waals surface area contributed by atoms with Crippen molar-refractivity contribution in [3.63, 3.8) is 0 Å². The average molecular weight is 379 g/mol. The molecule has 0 aliphatic carbocycles. The van der Waals surface area contributed by atoms with E-state index in [9.17, 15) is 0 Å². The zero-order valence-corrected chi connectivity index (χ0v) is 16.6. The Hall–Kier alpha value is -1.15. The Bertz CT molecular complexity index is 798. The van der Waals surface area contributed by atoms with Crippen LogP contribution >= 0.6 is 34.4 Å². The van der Waals surface area contributed by atoms with Crippen LogP contribution in [0.4, 0.5) is 5.69 Å². The van der Waals surface area contributed by atoms with Crippen LogP contribution in [0.15, 0.2) is 23.7 Å². The number of hydrogen-bond acceptors (Lipinski definition) is 7. The van der Waals surface area contributed by atoms with Gasteiger partial charge >= 0.3 is 0 Å². The Balaban J connectivity index is 1.91. The number of aromatic nitrogens is 2. The molecule has 7 heteroatoms. The molecule has 0 aliphatic rings. The Morgan fingerprint density at radius 3 is 2.96 bits per heavy atom. The summed E-state index contributed by atoms with van der Waals surface area (Å²) < 4.78 is 1.22. The Kier molecular flexibility index (Phi) is 5.76. The summed E-state index contributed by atoms with van der Waals surface area (Å²) in [7, 11) is 2.12. The summed E-state index contributed by atoms with van der Waals surface area (Å²) in [6.07, 6.45) is 4.88. The van der Waals surface area contributed by atoms with Crippen LogP contribution in [0, 0.1) is 6.92 Å². The van der Waals surface area contributed by atoms with Gasteiger partial charge < -0.3 is 10.6 Å². The molecule has 3 rings (SSSR count). The van der Waals surface area contributed by atoms with Crippen LogP contribution in [-0.2, 0) is 13.0 Å². The highest BCUT2D eigenvalue weighted by Crippen LogP contribution is 2.36. The number of nitrogens with zero attached hydrogens (tertiary/aromatic N) is 3. The molecule has 4 nitrogen and oxygen atoms in total. The van der Waals surface area contributed by atoms with E-state index >= 15 is 0 Å². The molecule has 0 saturated heterocycles. The molecule has 3 aromatic heterocycles. The summed E-state index contributed by atoms with van der Waals surface area (Å²) in [5.74, 6) is 0.977. The summed E-state index contributed by atoms with van der Waals surface area (Å²) in [6, 6.07) is 4.45. The zero-order chi connectivity index (χ0) is 17.1. The fourth-order valence-corrected chi connectivity index (χ4v) is 5.44. The predicted octanol–water partition coefficient (Wildman–Crippen LogP) is 3.93. The van der Waals surface area contributed by atoms with Gasteiger partial charge in [-0.3, -0.25) is 0 Å². The molecule has 1 atom stereocenters. The molecule has 24 heavy (non-hydrogen) atoms. The minimum atomic E-state index is 0.187. The number of thioether (sulfide) groups is 1. The maximum atomic E-state index is 6.24. The number of aryl methyl sites for hydroxylation is 1. The van der Waals surface area contributed by atoms with Crippen molar-refractivity contribution in [3.8, 4) is 0 Å². The molecule has 0 spiro atoms. The van der Waals surface area contributed by atoms with Gasteiger partial charge in [0.1, 0.15) is 5.52 Å². The van der Waals surface area contributed by atoms with Crippen LogP contribution in [-0.4, -0.2) is 35.3 Å². The van der Waals surface area contributed by atoms with E-state index < -0.39 is 0 Å². The van der Waals surface area contributed by atoms with Crippen molar-refractivity contribution in [2.75, 3.05) is 24.0 Å². The molecule has 0 fully saturated rings. The van der Waals surface area contributed by atoms with Gasteiger partial charge in [-0.15, -0.1) is 27.8 Å². The largest absolute Gasteiger partial charge is 0.367 e. The highest BCUT2D eigenvalue weighted by molar-refractivity contribution is 7.98. The molecule has 0 amide bonds. The first-order valence-electron chi connectivity index (χ1n) is 7.81. The Morgan fingerprint density at radius 1 is 1.42 bits per heavy atom. The van der Waals surface area contributed by atoms with Gasteiger partial charge in [0.05, 0.1) is 23.1 Å². The lowest BCUT2D eigenvalue weighted by Gasteiger charge is -2.18. The van der Waals surface area contributed by atoms with Crippen LogP contribution in [0.5, 0.6) is 0 Å². The van der Waals surface area contributed by atoms with E-state index in [-0.39, 0.29) is 6.04 Å². The number of rotatable bonds is 7. The normalized spacial score (nSPS) is 12.7. The SMILES string of the molecule is CSC[C@H](N)Cc1sc2c(N(C)Cc3cccs3)cnnc2c1C. The molecule has 0 aliphatic heterocycles. The van der Waals surface area contributed by atoms with Crippen molar-refractivity contribution < 1.29 is 0 Å². The molecular formula is C17H22N4S3. The van der Waals surface area contributed by atoms with E-state index in [0.29, 0.717) is 0 Å². The van der Waals surface area contributed by atoms with Crippen LogP contribution in [0.3, 0.4) is 0 Å². The topological polar surface area (TPSA) is 55.0 Å². The van der Waals surface area contributed by atoms with Gasteiger partial charge in [0.25, 0.3) is 0 Å². The number of fused-ring (bicyclic) bond motifs is 1. The first kappa shape index (κ1) is 17.7. The third-order valence-electron chi connectivity index (χ3n) is 4.00. The monoisotopic (exact) mass is 378 g/mol. The highest BCUT2D eigenvalue weighted by Gasteiger charge is 2.17. The Labute approximate surface area is 155 Å². The Morgan fingerprint density at radius 2 is 2.25 bits per heavy atom. The van der Waals surface area contributed by atoms with Crippen molar-refractivity contribution in [2.45, 2.75) is 25.9 Å². The van der Waals surface area contributed by atoms with Gasteiger partial charge in [0.15, 0.2) is 0 Å². The van der Waals surface area contributed by atoms with Gasteiger partial charge in [0, 0.05) is 28.6 Å². The second-order valence-corrected chi connectivity index (χ2v) is 8.96. The van der Waals surface area contributed by atoms with Crippen molar-refractivity contribution in [3.05, 3.63) is 39.0 Å². The van der Waals surface area contributed by atoms with Crippen LogP contribution in [0.2, 0.25) is 0 Å². The molecule has 3 heterocycles. The van der Waals surface area contributed by atoms with Gasteiger partial charge in [-0.05, 0) is 36.6 Å². The first-order chi connectivity index (χ1) is 11.6. The summed E-state index contributed by atoms with van der Waals surface area (Å²) >= 11 is 5.39. The van der Waals surface area contributed by atoms with E-state index in [1.165, 1.54) is 20.0 Å². The van der Waals surface area contributed by atoms with Gasteiger partial charge in [-0.1, -0.05) is 6.07 Å². The number of hydrogen-bond donors (Lipinski definition) is 1. The van der Waals surface area contributed by atoms with E-state index in [4.69, 9.17) is 5.73 Å². The molecule has 0 aromatic carbocycles. The molecular weight excluding hydrogens is 356 g/mol. The number of thiophene rings is 2. The van der Waals surface area contributed by atoms with E-state index in [0.717, 1.165) is 29.9 Å². The van der Waals surface area contributed by atoms with E-state index in [1.807, 2.05) is 17.5 Å². The van der Waals surface area contributed by atoms with Crippen LogP contribution in [0.25, 0.3) is 10.2 Å². The molecule has 0 unspecified atom stereocenters. The van der Waals surface area contributed by atoms with Gasteiger partial charge in [-0.2, -0.15) is 16.9 Å². The van der Waals surface area contributed by atoms with Crippen molar-refractivity contribution in [1.82, 2.24) is 10.2 Å². The van der Waals surface area contributed by atoms with Gasteiger partial charge in [-0.25, -0.2) is 0 Å². The van der Waals surface area contributed by atoms with Crippen molar-refractivity contribution >= 4 is 50.3 Å². The third kappa shape index (κ3) is 3.74. The molecule has 0 bridgehead atoms. The average Bonchev–Trinajstić information content (AvgIpc) is 3.16. The maximum Gasteiger partial charge on any atom is 0.109 e. The minimum Gasteiger partial charge on any atom is -0.367 e. The fourth-order valence-electron chi connectivity index (χ4n) is 2.74. The molecule has 3 aromatic rings. The molecule has 128 valence electrons. The quantitative estimate of drug-likeness (QED) is 0.675. The molecule has 0 radical (unpaired) electrons. The summed E-state index contributed by atoms with van der Waals surface area (Å²) in [6.45, 7) is 3.02. The standard InChI is InChI=1S/C17H22N4S3/c1-11-15(7-12(18)10-22-3)24-17-14(8-19-20-16(11)17)21(2)9-13-5-4-6-23-13/h4-6,8,12H,7,9-10,18H2,1-3H3/t12-/m1/s1. The molecule has 0 saturated carbocycles. The lowest BCUT2D eigenvalue weighted by molar-refractivity contribution is 0.755. The fraction of sp³-hybridized carbons (Fsp3) is 0.412. The maximum absolute atomic E-state index is 6.24. The zero-order valence-electron chi connectivity index (χ0n) is 14.2. The summed E-state index contributed by atoms with van der Waals surface area (Å²) in [5, 5.41) is 10.7. The van der Waals surface area contributed by atoms with Crippen LogP contribution in [0.1, 0.15) is 15.3 Å². The second kappa shape index (κ2) is 7.82. The smallest absolute Gasteiger partial charge is 0.109 e. The van der Waals surface area contributed by atoms with E-state index in [2.05, 4.69) is 52.8 Å². The predicted molar refractivity (Wildman–Crippen MR) is 109 cm³/mol. The second-order valence-electron chi connectivity index (χ2n) is 5.91. The highest BCUT2D eigenvalue weighted by atomic mass is 32.2. The number of anilines is 1. The lowest BCUT2D eigenvalue weighted by Crippen LogP contribution is -2.25. The van der Waals surface area contributed by atoms with Crippen molar-refractivity contribution in [2.24, 2.45) is 5.73 Å².